The lowest BCUT2D eigenvalue weighted by atomic mass is 9.94. The smallest absolute Gasteiger partial charge is 0.227 e. The summed E-state index contributed by atoms with van der Waals surface area (Å²) in [6, 6.07) is 3.36. The van der Waals surface area contributed by atoms with Gasteiger partial charge in [-0.3, -0.25) is 9.69 Å². The first kappa shape index (κ1) is 17.6. The first-order valence-corrected chi connectivity index (χ1v) is 9.52. The number of nitrogens with zero attached hydrogens (tertiary/aromatic N) is 2. The highest BCUT2D eigenvalue weighted by Gasteiger charge is 2.42. The highest BCUT2D eigenvalue weighted by atomic mass is 19.1. The predicted molar refractivity (Wildman–Crippen MR) is 95.7 cm³/mol. The third-order valence-corrected chi connectivity index (χ3v) is 5.97. The van der Waals surface area contributed by atoms with Gasteiger partial charge in [0, 0.05) is 43.9 Å². The number of methoxy groups -OCH3 is 2. The normalized spacial score (nSPS) is 26.1. The molecule has 1 amide bonds. The summed E-state index contributed by atoms with van der Waals surface area (Å²) in [5.41, 5.74) is 0.588. The van der Waals surface area contributed by atoms with Gasteiger partial charge in [0.2, 0.25) is 5.91 Å². The zero-order chi connectivity index (χ0) is 18.3. The van der Waals surface area contributed by atoms with Gasteiger partial charge >= 0.3 is 0 Å². The first-order chi connectivity index (χ1) is 12.6. The number of benzene rings is 1. The zero-order valence-corrected chi connectivity index (χ0v) is 15.5. The molecule has 6 heteroatoms. The largest absolute Gasteiger partial charge is 0.493 e. The number of hydrogen-bond donors (Lipinski definition) is 0. The van der Waals surface area contributed by atoms with E-state index in [1.165, 1.54) is 26.0 Å². The molecule has 0 unspecified atom stereocenters. The van der Waals surface area contributed by atoms with Crippen LogP contribution >= 0.6 is 0 Å². The number of hydrogen-bond acceptors (Lipinski definition) is 4. The summed E-state index contributed by atoms with van der Waals surface area (Å²) in [7, 11) is 3.06. The van der Waals surface area contributed by atoms with Gasteiger partial charge in [0.1, 0.15) is 5.82 Å². The van der Waals surface area contributed by atoms with E-state index in [2.05, 4.69) is 9.80 Å². The molecule has 3 heterocycles. The third-order valence-electron chi connectivity index (χ3n) is 5.97. The zero-order valence-electron chi connectivity index (χ0n) is 15.5. The molecule has 1 saturated carbocycles. The van der Waals surface area contributed by atoms with Gasteiger partial charge in [-0.05, 0) is 37.7 Å². The molecule has 26 heavy (non-hydrogen) atoms. The lowest BCUT2D eigenvalue weighted by Crippen LogP contribution is -2.48. The lowest BCUT2D eigenvalue weighted by Gasteiger charge is -2.36. The molecule has 0 aromatic heterocycles. The quantitative estimate of drug-likeness (QED) is 0.780. The molecule has 142 valence electrons. The number of carbonyl (C=O) groups excluding carboxylic acids is 1. The van der Waals surface area contributed by atoms with Crippen LogP contribution in [0.2, 0.25) is 0 Å². The molecule has 0 spiro atoms. The van der Waals surface area contributed by atoms with Crippen LogP contribution in [-0.4, -0.2) is 55.6 Å². The van der Waals surface area contributed by atoms with Crippen LogP contribution in [0, 0.1) is 17.7 Å². The molecule has 5 rings (SSSR count). The molecule has 0 N–H and O–H groups in total. The Labute approximate surface area is 154 Å². The van der Waals surface area contributed by atoms with E-state index >= 15 is 0 Å². The minimum atomic E-state index is -0.291. The van der Waals surface area contributed by atoms with E-state index in [1.54, 1.807) is 13.2 Å². The average molecular weight is 362 g/mol. The van der Waals surface area contributed by atoms with Gasteiger partial charge < -0.3 is 14.4 Å². The van der Waals surface area contributed by atoms with E-state index in [1.807, 2.05) is 0 Å². The van der Waals surface area contributed by atoms with E-state index in [0.29, 0.717) is 42.0 Å². The van der Waals surface area contributed by atoms with Crippen LogP contribution in [0.5, 0.6) is 11.5 Å². The Balaban J connectivity index is 1.51. The first-order valence-electron chi connectivity index (χ1n) is 9.52. The van der Waals surface area contributed by atoms with E-state index in [-0.39, 0.29) is 17.8 Å². The molecule has 3 aliphatic heterocycles. The molecule has 2 atom stereocenters. The van der Waals surface area contributed by atoms with Crippen molar-refractivity contribution in [3.05, 3.63) is 23.5 Å². The van der Waals surface area contributed by atoms with Gasteiger partial charge in [-0.15, -0.1) is 0 Å². The number of fused-ring (bicyclic) bond motifs is 4. The van der Waals surface area contributed by atoms with E-state index < -0.39 is 0 Å². The SMILES string of the molecule is COc1cc(F)c(CN2C[C@H]3CC[C@@H](C2)N(CC2CC2)C3=O)cc1OC. The minimum Gasteiger partial charge on any atom is -0.493 e. The fraction of sp³-hybridized carbons (Fsp3) is 0.650. The summed E-state index contributed by atoms with van der Waals surface area (Å²) in [6.45, 7) is 2.94. The summed E-state index contributed by atoms with van der Waals surface area (Å²) in [5.74, 6) is 1.71. The van der Waals surface area contributed by atoms with E-state index in [9.17, 15) is 9.18 Å². The summed E-state index contributed by atoms with van der Waals surface area (Å²) < 4.78 is 25.0. The molecule has 4 fully saturated rings. The maximum atomic E-state index is 14.5. The third kappa shape index (κ3) is 3.39. The molecule has 1 aromatic rings. The summed E-state index contributed by atoms with van der Waals surface area (Å²) in [6.07, 6.45) is 4.52. The van der Waals surface area contributed by atoms with Crippen LogP contribution in [0.3, 0.4) is 0 Å². The Morgan fingerprint density at radius 3 is 2.50 bits per heavy atom. The standard InChI is InChI=1S/C20H27FN2O3/c1-25-18-7-15(17(21)8-19(18)26-2)11-22-10-14-5-6-16(12-22)23(20(14)24)9-13-3-4-13/h7-8,13-14,16H,3-6,9-12H2,1-2H3/t14-,16+/m1/s1. The van der Waals surface area contributed by atoms with Gasteiger partial charge in [-0.2, -0.15) is 0 Å². The highest BCUT2D eigenvalue weighted by Crippen LogP contribution is 2.36. The Morgan fingerprint density at radius 2 is 1.81 bits per heavy atom. The molecule has 1 aliphatic carbocycles. The second-order valence-electron chi connectivity index (χ2n) is 7.85. The van der Waals surface area contributed by atoms with Crippen molar-refractivity contribution in [1.82, 2.24) is 9.80 Å². The lowest BCUT2D eigenvalue weighted by molar-refractivity contribution is -0.140. The Kier molecular flexibility index (Phi) is 4.78. The molecule has 4 aliphatic rings. The molecule has 5 nitrogen and oxygen atoms in total. The number of rotatable bonds is 6. The number of piperidine rings is 1. The van der Waals surface area contributed by atoms with Crippen molar-refractivity contribution in [2.45, 2.75) is 38.3 Å². The number of ether oxygens (including phenoxy) is 2. The van der Waals surface area contributed by atoms with Gasteiger partial charge in [-0.25, -0.2) is 4.39 Å². The van der Waals surface area contributed by atoms with Gasteiger partial charge in [0.05, 0.1) is 20.1 Å². The number of amides is 1. The Bertz CT molecular complexity index is 692. The Hall–Kier alpha value is -1.82. The summed E-state index contributed by atoms with van der Waals surface area (Å²) >= 11 is 0. The predicted octanol–water partition coefficient (Wildman–Crippen LogP) is 2.68. The van der Waals surface area contributed by atoms with Gasteiger partial charge in [0.15, 0.2) is 11.5 Å². The molecular weight excluding hydrogens is 335 g/mol. The highest BCUT2D eigenvalue weighted by molar-refractivity contribution is 5.80. The van der Waals surface area contributed by atoms with Crippen molar-refractivity contribution in [2.24, 2.45) is 11.8 Å². The van der Waals surface area contributed by atoms with Gasteiger partial charge in [-0.1, -0.05) is 0 Å². The number of carbonyl (C=O) groups is 1. The van der Waals surface area contributed by atoms with E-state index in [0.717, 1.165) is 25.9 Å². The summed E-state index contributed by atoms with van der Waals surface area (Å²) in [4.78, 5) is 17.2. The maximum absolute atomic E-state index is 14.5. The fourth-order valence-corrected chi connectivity index (χ4v) is 4.34. The van der Waals surface area contributed by atoms with Crippen molar-refractivity contribution in [2.75, 3.05) is 33.9 Å². The van der Waals surface area contributed by atoms with Crippen molar-refractivity contribution < 1.29 is 18.7 Å². The van der Waals surface area contributed by atoms with Crippen LogP contribution in [-0.2, 0) is 11.3 Å². The van der Waals surface area contributed by atoms with Crippen LogP contribution < -0.4 is 9.47 Å². The second kappa shape index (κ2) is 7.06. The van der Waals surface area contributed by atoms with Crippen LogP contribution in [0.1, 0.15) is 31.2 Å². The number of halogens is 1. The van der Waals surface area contributed by atoms with Crippen LogP contribution in [0.25, 0.3) is 0 Å². The summed E-state index contributed by atoms with van der Waals surface area (Å²) in [5, 5.41) is 0. The van der Waals surface area contributed by atoms with Crippen molar-refractivity contribution in [3.63, 3.8) is 0 Å². The molecule has 3 saturated heterocycles. The molecular formula is C20H27FN2O3. The minimum absolute atomic E-state index is 0.0516. The van der Waals surface area contributed by atoms with E-state index in [4.69, 9.17) is 9.47 Å². The second-order valence-corrected chi connectivity index (χ2v) is 7.85. The average Bonchev–Trinajstić information content (AvgIpc) is 3.47. The maximum Gasteiger partial charge on any atom is 0.227 e. The molecule has 0 radical (unpaired) electrons. The molecule has 2 bridgehead atoms. The fourth-order valence-electron chi connectivity index (χ4n) is 4.34. The topological polar surface area (TPSA) is 42.0 Å². The van der Waals surface area contributed by atoms with Crippen molar-refractivity contribution in [3.8, 4) is 11.5 Å². The van der Waals surface area contributed by atoms with Crippen LogP contribution in [0.4, 0.5) is 4.39 Å². The monoisotopic (exact) mass is 362 g/mol. The van der Waals surface area contributed by atoms with Gasteiger partial charge in [0.25, 0.3) is 0 Å². The van der Waals surface area contributed by atoms with Crippen molar-refractivity contribution in [1.29, 1.82) is 0 Å². The molecule has 1 aromatic carbocycles. The van der Waals surface area contributed by atoms with Crippen molar-refractivity contribution >= 4 is 5.91 Å². The Morgan fingerprint density at radius 1 is 1.08 bits per heavy atom. The van der Waals surface area contributed by atoms with Crippen LogP contribution in [0.15, 0.2) is 12.1 Å².